The molecule has 0 aliphatic rings. The second-order valence-electron chi connectivity index (χ2n) is 4.88. The van der Waals surface area contributed by atoms with Crippen molar-refractivity contribution in [2.75, 3.05) is 6.61 Å². The summed E-state index contributed by atoms with van der Waals surface area (Å²) in [5, 5.41) is 3.52. The molecule has 2 rings (SSSR count). The van der Waals surface area contributed by atoms with E-state index in [9.17, 15) is 0 Å². The summed E-state index contributed by atoms with van der Waals surface area (Å²) in [6.45, 7) is 5.87. The Kier molecular flexibility index (Phi) is 5.56. The van der Waals surface area contributed by atoms with E-state index < -0.39 is 0 Å². The Balaban J connectivity index is 1.90. The maximum Gasteiger partial charge on any atom is 0.119 e. The van der Waals surface area contributed by atoms with Gasteiger partial charge in [-0.1, -0.05) is 19.1 Å². The van der Waals surface area contributed by atoms with Gasteiger partial charge >= 0.3 is 0 Å². The van der Waals surface area contributed by atoms with Gasteiger partial charge in [0.15, 0.2) is 0 Å². The first-order chi connectivity index (χ1) is 9.79. The standard InChI is InChI=1S/C17H22N2O/c1-3-11-20-17-6-4-5-15(12-17)13-19-14(2)16-7-9-18-10-8-16/h4-10,12,14,19H,3,11,13H2,1-2H3. The third-order valence-corrected chi connectivity index (χ3v) is 3.19. The van der Waals surface area contributed by atoms with Gasteiger partial charge in [-0.05, 0) is 48.7 Å². The first kappa shape index (κ1) is 14.5. The summed E-state index contributed by atoms with van der Waals surface area (Å²) in [6, 6.07) is 12.6. The number of nitrogens with zero attached hydrogens (tertiary/aromatic N) is 1. The van der Waals surface area contributed by atoms with Crippen molar-refractivity contribution in [1.29, 1.82) is 0 Å². The Morgan fingerprint density at radius 2 is 2.00 bits per heavy atom. The first-order valence-electron chi connectivity index (χ1n) is 7.14. The summed E-state index contributed by atoms with van der Waals surface area (Å²) in [4.78, 5) is 4.04. The van der Waals surface area contributed by atoms with E-state index in [1.165, 1.54) is 11.1 Å². The van der Waals surface area contributed by atoms with E-state index in [2.05, 4.69) is 36.3 Å². The van der Waals surface area contributed by atoms with Crippen LogP contribution in [0.3, 0.4) is 0 Å². The molecule has 0 amide bonds. The van der Waals surface area contributed by atoms with Gasteiger partial charge in [-0.3, -0.25) is 4.98 Å². The van der Waals surface area contributed by atoms with Gasteiger partial charge in [0.25, 0.3) is 0 Å². The first-order valence-corrected chi connectivity index (χ1v) is 7.14. The number of ether oxygens (including phenoxy) is 1. The lowest BCUT2D eigenvalue weighted by Gasteiger charge is -2.14. The molecule has 106 valence electrons. The third-order valence-electron chi connectivity index (χ3n) is 3.19. The van der Waals surface area contributed by atoms with Crippen molar-refractivity contribution in [2.45, 2.75) is 32.9 Å². The summed E-state index contributed by atoms with van der Waals surface area (Å²) in [7, 11) is 0. The maximum absolute atomic E-state index is 5.65. The van der Waals surface area contributed by atoms with Gasteiger partial charge in [0.2, 0.25) is 0 Å². The molecule has 0 aliphatic heterocycles. The number of aromatic nitrogens is 1. The lowest BCUT2D eigenvalue weighted by molar-refractivity contribution is 0.317. The zero-order valence-corrected chi connectivity index (χ0v) is 12.2. The highest BCUT2D eigenvalue weighted by atomic mass is 16.5. The molecule has 0 spiro atoms. The molecule has 0 saturated carbocycles. The Bertz CT molecular complexity index is 513. The zero-order valence-electron chi connectivity index (χ0n) is 12.2. The number of hydrogen-bond donors (Lipinski definition) is 1. The normalized spacial score (nSPS) is 12.1. The van der Waals surface area contributed by atoms with Crippen LogP contribution >= 0.6 is 0 Å². The minimum Gasteiger partial charge on any atom is -0.494 e. The van der Waals surface area contributed by atoms with Crippen LogP contribution in [0.5, 0.6) is 5.75 Å². The Hall–Kier alpha value is -1.87. The summed E-state index contributed by atoms with van der Waals surface area (Å²) in [6.07, 6.45) is 4.68. The number of benzene rings is 1. The molecule has 2 aromatic rings. The van der Waals surface area contributed by atoms with E-state index in [0.717, 1.165) is 25.3 Å². The molecule has 0 radical (unpaired) electrons. The van der Waals surface area contributed by atoms with Gasteiger partial charge in [-0.25, -0.2) is 0 Å². The molecule has 1 N–H and O–H groups in total. The Morgan fingerprint density at radius 3 is 2.75 bits per heavy atom. The van der Waals surface area contributed by atoms with E-state index in [1.54, 1.807) is 0 Å². The molecule has 1 atom stereocenters. The molecule has 20 heavy (non-hydrogen) atoms. The number of nitrogens with one attached hydrogen (secondary N) is 1. The fraction of sp³-hybridized carbons (Fsp3) is 0.353. The second-order valence-corrected chi connectivity index (χ2v) is 4.88. The molecule has 1 aromatic heterocycles. The molecule has 0 aliphatic carbocycles. The Morgan fingerprint density at radius 1 is 1.20 bits per heavy atom. The zero-order chi connectivity index (χ0) is 14.2. The number of hydrogen-bond acceptors (Lipinski definition) is 3. The molecular weight excluding hydrogens is 248 g/mol. The largest absolute Gasteiger partial charge is 0.494 e. The van der Waals surface area contributed by atoms with Crippen LogP contribution in [0.4, 0.5) is 0 Å². The van der Waals surface area contributed by atoms with Crippen LogP contribution in [-0.4, -0.2) is 11.6 Å². The highest BCUT2D eigenvalue weighted by Gasteiger charge is 2.04. The Labute approximate surface area is 121 Å². The van der Waals surface area contributed by atoms with E-state index in [1.807, 2.05) is 36.7 Å². The van der Waals surface area contributed by atoms with Crippen molar-refractivity contribution in [3.05, 3.63) is 59.9 Å². The second kappa shape index (κ2) is 7.65. The van der Waals surface area contributed by atoms with Crippen LogP contribution in [0.2, 0.25) is 0 Å². The average molecular weight is 270 g/mol. The van der Waals surface area contributed by atoms with Crippen LogP contribution in [0.1, 0.15) is 37.4 Å². The summed E-state index contributed by atoms with van der Waals surface area (Å²) in [5.41, 5.74) is 2.48. The van der Waals surface area contributed by atoms with Crippen molar-refractivity contribution in [3.8, 4) is 5.75 Å². The molecular formula is C17H22N2O. The molecule has 0 fully saturated rings. The van der Waals surface area contributed by atoms with Gasteiger partial charge < -0.3 is 10.1 Å². The molecule has 3 nitrogen and oxygen atoms in total. The van der Waals surface area contributed by atoms with Crippen molar-refractivity contribution in [1.82, 2.24) is 10.3 Å². The summed E-state index contributed by atoms with van der Waals surface area (Å²) >= 11 is 0. The molecule has 1 heterocycles. The van der Waals surface area contributed by atoms with E-state index in [0.29, 0.717) is 6.04 Å². The predicted octanol–water partition coefficient (Wildman–Crippen LogP) is 3.72. The SMILES string of the molecule is CCCOc1cccc(CNC(C)c2ccncc2)c1. The smallest absolute Gasteiger partial charge is 0.119 e. The number of pyridine rings is 1. The fourth-order valence-electron chi connectivity index (χ4n) is 2.01. The minimum atomic E-state index is 0.304. The van der Waals surface area contributed by atoms with E-state index >= 15 is 0 Å². The summed E-state index contributed by atoms with van der Waals surface area (Å²) in [5.74, 6) is 0.947. The van der Waals surface area contributed by atoms with Crippen LogP contribution in [0.25, 0.3) is 0 Å². The highest BCUT2D eigenvalue weighted by Crippen LogP contribution is 2.15. The van der Waals surface area contributed by atoms with Crippen LogP contribution < -0.4 is 10.1 Å². The van der Waals surface area contributed by atoms with Crippen molar-refractivity contribution in [3.63, 3.8) is 0 Å². The maximum atomic E-state index is 5.65. The lowest BCUT2D eigenvalue weighted by atomic mass is 10.1. The minimum absolute atomic E-state index is 0.304. The van der Waals surface area contributed by atoms with Crippen LogP contribution in [-0.2, 0) is 6.54 Å². The fourth-order valence-corrected chi connectivity index (χ4v) is 2.01. The quantitative estimate of drug-likeness (QED) is 0.832. The molecule has 3 heteroatoms. The van der Waals surface area contributed by atoms with Gasteiger partial charge in [0.1, 0.15) is 5.75 Å². The molecule has 0 saturated heterocycles. The number of rotatable bonds is 7. The molecule has 0 bridgehead atoms. The summed E-state index contributed by atoms with van der Waals surface area (Å²) < 4.78 is 5.65. The topological polar surface area (TPSA) is 34.1 Å². The van der Waals surface area contributed by atoms with Gasteiger partial charge in [0.05, 0.1) is 6.61 Å². The van der Waals surface area contributed by atoms with Crippen LogP contribution in [0.15, 0.2) is 48.8 Å². The van der Waals surface area contributed by atoms with E-state index in [-0.39, 0.29) is 0 Å². The van der Waals surface area contributed by atoms with E-state index in [4.69, 9.17) is 4.74 Å². The molecule has 1 aromatic carbocycles. The van der Waals surface area contributed by atoms with Crippen molar-refractivity contribution in [2.24, 2.45) is 0 Å². The average Bonchev–Trinajstić information content (AvgIpc) is 2.52. The van der Waals surface area contributed by atoms with Crippen molar-refractivity contribution < 1.29 is 4.74 Å². The van der Waals surface area contributed by atoms with Gasteiger partial charge in [-0.15, -0.1) is 0 Å². The highest BCUT2D eigenvalue weighted by molar-refractivity contribution is 5.28. The van der Waals surface area contributed by atoms with Crippen molar-refractivity contribution >= 4 is 0 Å². The monoisotopic (exact) mass is 270 g/mol. The van der Waals surface area contributed by atoms with Gasteiger partial charge in [-0.2, -0.15) is 0 Å². The lowest BCUT2D eigenvalue weighted by Crippen LogP contribution is -2.18. The van der Waals surface area contributed by atoms with Crippen LogP contribution in [0, 0.1) is 0 Å². The van der Waals surface area contributed by atoms with Gasteiger partial charge in [0, 0.05) is 25.0 Å². The predicted molar refractivity (Wildman–Crippen MR) is 81.7 cm³/mol. The third kappa shape index (κ3) is 4.35. The molecule has 1 unspecified atom stereocenters.